The summed E-state index contributed by atoms with van der Waals surface area (Å²) >= 11 is 1.89. The maximum absolute atomic E-state index is 10.4. The molecular weight excluding hydrogens is 316 g/mol. The van der Waals surface area contributed by atoms with Crippen LogP contribution in [0.25, 0.3) is 10.4 Å². The van der Waals surface area contributed by atoms with Gasteiger partial charge in [0.2, 0.25) is 0 Å². The van der Waals surface area contributed by atoms with Gasteiger partial charge in [-0.15, -0.1) is 11.3 Å². The van der Waals surface area contributed by atoms with Crippen molar-refractivity contribution in [2.45, 2.75) is 39.0 Å². The van der Waals surface area contributed by atoms with E-state index in [9.17, 15) is 4.79 Å². The third-order valence-electron chi connectivity index (χ3n) is 3.77. The normalized spacial score (nSPS) is 11.5. The van der Waals surface area contributed by atoms with Crippen LogP contribution in [0.2, 0.25) is 0 Å². The second-order valence-electron chi connectivity index (χ2n) is 5.75. The SMILES string of the molecule is CCCCCc1ccc(-c2ccc(CC=CC=CC(=O)O)cc2)s1. The van der Waals surface area contributed by atoms with Crippen molar-refractivity contribution < 1.29 is 9.90 Å². The Morgan fingerprint density at radius 2 is 1.88 bits per heavy atom. The summed E-state index contributed by atoms with van der Waals surface area (Å²) in [5.41, 5.74) is 2.48. The number of hydrogen-bond donors (Lipinski definition) is 1. The molecule has 1 aromatic heterocycles. The summed E-state index contributed by atoms with van der Waals surface area (Å²) in [5, 5.41) is 8.51. The van der Waals surface area contributed by atoms with Crippen LogP contribution in [0.15, 0.2) is 60.7 Å². The molecule has 2 rings (SSSR count). The van der Waals surface area contributed by atoms with Gasteiger partial charge in [0.05, 0.1) is 0 Å². The Labute approximate surface area is 148 Å². The Bertz CT molecular complexity index is 693. The monoisotopic (exact) mass is 340 g/mol. The first-order valence-corrected chi connectivity index (χ1v) is 9.25. The second kappa shape index (κ2) is 9.89. The Morgan fingerprint density at radius 1 is 1.08 bits per heavy atom. The van der Waals surface area contributed by atoms with E-state index in [0.717, 1.165) is 12.5 Å². The van der Waals surface area contributed by atoms with Crippen molar-refractivity contribution in [1.29, 1.82) is 0 Å². The number of carbonyl (C=O) groups is 1. The van der Waals surface area contributed by atoms with E-state index in [1.54, 1.807) is 12.2 Å². The van der Waals surface area contributed by atoms with Gasteiger partial charge in [-0.25, -0.2) is 4.79 Å². The molecule has 0 radical (unpaired) electrons. The Balaban J connectivity index is 1.90. The molecule has 0 aliphatic carbocycles. The molecule has 2 nitrogen and oxygen atoms in total. The van der Waals surface area contributed by atoms with Gasteiger partial charge in [0, 0.05) is 15.8 Å². The molecule has 0 spiro atoms. The van der Waals surface area contributed by atoms with Crippen LogP contribution in [0.4, 0.5) is 0 Å². The van der Waals surface area contributed by atoms with Crippen molar-refractivity contribution in [3.63, 3.8) is 0 Å². The van der Waals surface area contributed by atoms with Crippen molar-refractivity contribution >= 4 is 17.3 Å². The minimum atomic E-state index is -0.922. The van der Waals surface area contributed by atoms with Gasteiger partial charge in [-0.2, -0.15) is 0 Å². The summed E-state index contributed by atoms with van der Waals surface area (Å²) in [6.45, 7) is 2.24. The summed E-state index contributed by atoms with van der Waals surface area (Å²) in [7, 11) is 0. The molecule has 0 atom stereocenters. The topological polar surface area (TPSA) is 37.3 Å². The van der Waals surface area contributed by atoms with Crippen LogP contribution < -0.4 is 0 Å². The number of carboxylic acids is 1. The number of unbranched alkanes of at least 4 members (excludes halogenated alkanes) is 2. The molecular formula is C21H24O2S. The molecule has 0 unspecified atom stereocenters. The lowest BCUT2D eigenvalue weighted by Crippen LogP contribution is -1.84. The van der Waals surface area contributed by atoms with E-state index >= 15 is 0 Å². The number of aryl methyl sites for hydroxylation is 1. The van der Waals surface area contributed by atoms with Gasteiger partial charge in [0.15, 0.2) is 0 Å². The number of allylic oxidation sites excluding steroid dienone is 3. The van der Waals surface area contributed by atoms with E-state index < -0.39 is 5.97 Å². The zero-order valence-corrected chi connectivity index (χ0v) is 14.9. The smallest absolute Gasteiger partial charge is 0.328 e. The number of aliphatic carboxylic acids is 1. The van der Waals surface area contributed by atoms with Crippen LogP contribution in [0.1, 0.15) is 36.6 Å². The zero-order chi connectivity index (χ0) is 17.2. The minimum Gasteiger partial charge on any atom is -0.478 e. The summed E-state index contributed by atoms with van der Waals surface area (Å²) in [5.74, 6) is -0.922. The first-order chi connectivity index (χ1) is 11.7. The van der Waals surface area contributed by atoms with Gasteiger partial charge in [0.25, 0.3) is 0 Å². The van der Waals surface area contributed by atoms with Gasteiger partial charge in [-0.1, -0.05) is 62.3 Å². The zero-order valence-electron chi connectivity index (χ0n) is 14.1. The van der Waals surface area contributed by atoms with E-state index in [0.29, 0.717) is 0 Å². The molecule has 0 fully saturated rings. The van der Waals surface area contributed by atoms with E-state index in [2.05, 4.69) is 43.3 Å². The van der Waals surface area contributed by atoms with E-state index in [-0.39, 0.29) is 0 Å². The average molecular weight is 340 g/mol. The molecule has 126 valence electrons. The third-order valence-corrected chi connectivity index (χ3v) is 4.96. The predicted octanol–water partition coefficient (Wildman–Crippen LogP) is 5.89. The molecule has 0 saturated heterocycles. The minimum absolute atomic E-state index is 0.803. The molecule has 0 bridgehead atoms. The van der Waals surface area contributed by atoms with E-state index in [1.807, 2.05) is 17.4 Å². The molecule has 0 aliphatic rings. The molecule has 3 heteroatoms. The predicted molar refractivity (Wildman–Crippen MR) is 103 cm³/mol. The van der Waals surface area contributed by atoms with Crippen LogP contribution in [0.5, 0.6) is 0 Å². The standard InChI is InChI=1S/C21H24O2S/c1-2-3-5-9-19-15-16-20(24-19)18-13-11-17(12-14-18)8-6-4-7-10-21(22)23/h4,6-7,10-16H,2-3,5,8-9H2,1H3,(H,22,23). The van der Waals surface area contributed by atoms with Crippen LogP contribution in [0.3, 0.4) is 0 Å². The van der Waals surface area contributed by atoms with Gasteiger partial charge in [-0.05, 0) is 42.5 Å². The number of carboxylic acid groups (broad SMARTS) is 1. The Hall–Kier alpha value is -2.13. The maximum Gasteiger partial charge on any atom is 0.328 e. The quantitative estimate of drug-likeness (QED) is 0.351. The van der Waals surface area contributed by atoms with Crippen molar-refractivity contribution in [2.75, 3.05) is 0 Å². The van der Waals surface area contributed by atoms with Crippen LogP contribution in [-0.2, 0) is 17.6 Å². The largest absolute Gasteiger partial charge is 0.478 e. The van der Waals surface area contributed by atoms with Crippen molar-refractivity contribution in [3.8, 4) is 10.4 Å². The van der Waals surface area contributed by atoms with Crippen molar-refractivity contribution in [2.24, 2.45) is 0 Å². The lowest BCUT2D eigenvalue weighted by atomic mass is 10.1. The van der Waals surface area contributed by atoms with Gasteiger partial charge in [0.1, 0.15) is 0 Å². The molecule has 0 saturated carbocycles. The Kier molecular flexibility index (Phi) is 7.50. The fourth-order valence-corrected chi connectivity index (χ4v) is 3.50. The lowest BCUT2D eigenvalue weighted by molar-refractivity contribution is -0.131. The summed E-state index contributed by atoms with van der Waals surface area (Å²) in [6, 6.07) is 13.1. The van der Waals surface area contributed by atoms with Crippen molar-refractivity contribution in [1.82, 2.24) is 0 Å². The van der Waals surface area contributed by atoms with Crippen molar-refractivity contribution in [3.05, 3.63) is 71.1 Å². The van der Waals surface area contributed by atoms with E-state index in [4.69, 9.17) is 5.11 Å². The number of rotatable bonds is 9. The molecule has 1 aromatic carbocycles. The fourth-order valence-electron chi connectivity index (χ4n) is 2.44. The van der Waals surface area contributed by atoms with Crippen LogP contribution in [0, 0.1) is 0 Å². The first-order valence-electron chi connectivity index (χ1n) is 8.43. The summed E-state index contributed by atoms with van der Waals surface area (Å²) < 4.78 is 0. The maximum atomic E-state index is 10.4. The number of thiophene rings is 1. The second-order valence-corrected chi connectivity index (χ2v) is 6.92. The highest BCUT2D eigenvalue weighted by Crippen LogP contribution is 2.29. The van der Waals surface area contributed by atoms with Crippen LogP contribution in [-0.4, -0.2) is 11.1 Å². The molecule has 24 heavy (non-hydrogen) atoms. The van der Waals surface area contributed by atoms with Gasteiger partial charge < -0.3 is 5.11 Å². The number of hydrogen-bond acceptors (Lipinski definition) is 2. The fraction of sp³-hybridized carbons (Fsp3) is 0.286. The molecule has 0 aliphatic heterocycles. The van der Waals surface area contributed by atoms with Gasteiger partial charge in [-0.3, -0.25) is 0 Å². The molecule has 1 heterocycles. The highest BCUT2D eigenvalue weighted by molar-refractivity contribution is 7.15. The first kappa shape index (κ1) is 18.2. The number of benzene rings is 1. The third kappa shape index (κ3) is 6.17. The molecule has 1 N–H and O–H groups in total. The summed E-state index contributed by atoms with van der Waals surface area (Å²) in [6.07, 6.45) is 12.2. The average Bonchev–Trinajstić information content (AvgIpc) is 3.04. The van der Waals surface area contributed by atoms with E-state index in [1.165, 1.54) is 46.6 Å². The molecule has 0 amide bonds. The molecule has 2 aromatic rings. The lowest BCUT2D eigenvalue weighted by Gasteiger charge is -2.00. The van der Waals surface area contributed by atoms with Gasteiger partial charge >= 0.3 is 5.97 Å². The summed E-state index contributed by atoms with van der Waals surface area (Å²) in [4.78, 5) is 13.2. The highest BCUT2D eigenvalue weighted by atomic mass is 32.1. The highest BCUT2D eigenvalue weighted by Gasteiger charge is 2.03. The van der Waals surface area contributed by atoms with Crippen LogP contribution >= 0.6 is 11.3 Å². The Morgan fingerprint density at radius 3 is 2.58 bits per heavy atom.